The molecule has 4 rings (SSSR count). The first-order valence-corrected chi connectivity index (χ1v) is 12.3. The number of nitrogens with one attached hydrogen (secondary N) is 1. The Kier molecular flexibility index (Phi) is 6.77. The number of benzene rings is 1. The number of para-hydroxylation sites is 1. The second kappa shape index (κ2) is 9.70. The number of hydrogen-bond donors (Lipinski definition) is 0. The molecule has 1 saturated heterocycles. The van der Waals surface area contributed by atoms with Crippen molar-refractivity contribution in [1.29, 1.82) is 0 Å². The number of carbonyl (C=O) groups is 1. The summed E-state index contributed by atoms with van der Waals surface area (Å²) in [6, 6.07) is 12.3. The van der Waals surface area contributed by atoms with Crippen LogP contribution in [0.15, 0.2) is 59.0 Å². The second-order valence-electron chi connectivity index (χ2n) is 7.44. The van der Waals surface area contributed by atoms with Gasteiger partial charge < -0.3 is 9.80 Å². The standard InChI is InChI=1S/C23H26N4O2S2/c1-3-10-27-22(29)19-15-18(4-2)31-21(19)24-23(27)30-16-20(28)26-13-11-25(12-14-26)17-8-6-5-7-9-17/h3,5-9,15H,1,4,10-14,16H2,2H3/p+1. The molecule has 1 N–H and O–H groups in total. The molecular weight excluding hydrogens is 428 g/mol. The number of piperazine rings is 1. The van der Waals surface area contributed by atoms with E-state index >= 15 is 0 Å². The Morgan fingerprint density at radius 1 is 1.23 bits per heavy atom. The molecule has 6 nitrogen and oxygen atoms in total. The fraction of sp³-hybridized carbons (Fsp3) is 0.348. The van der Waals surface area contributed by atoms with Gasteiger partial charge in [0.15, 0.2) is 4.83 Å². The zero-order valence-corrected chi connectivity index (χ0v) is 19.3. The Labute approximate surface area is 190 Å². The monoisotopic (exact) mass is 455 g/mol. The molecule has 2 aromatic heterocycles. The molecule has 0 saturated carbocycles. The predicted octanol–water partition coefficient (Wildman–Crippen LogP) is 3.07. The van der Waals surface area contributed by atoms with Crippen LogP contribution in [0.5, 0.6) is 0 Å². The number of fused-ring (bicyclic) bond motifs is 1. The molecule has 8 heteroatoms. The van der Waals surface area contributed by atoms with Crippen LogP contribution in [-0.2, 0) is 17.8 Å². The van der Waals surface area contributed by atoms with Crippen molar-refractivity contribution in [2.45, 2.75) is 25.0 Å². The lowest BCUT2D eigenvalue weighted by Gasteiger charge is -2.36. The summed E-state index contributed by atoms with van der Waals surface area (Å²) in [4.78, 5) is 35.5. The van der Waals surface area contributed by atoms with E-state index < -0.39 is 0 Å². The first-order valence-electron chi connectivity index (χ1n) is 10.5. The molecule has 1 aromatic carbocycles. The number of aromatic nitrogens is 2. The van der Waals surface area contributed by atoms with Crippen LogP contribution >= 0.6 is 23.1 Å². The van der Waals surface area contributed by atoms with Gasteiger partial charge in [-0.15, -0.1) is 0 Å². The molecule has 162 valence electrons. The molecule has 0 spiro atoms. The number of allylic oxidation sites excluding steroid dienone is 1. The van der Waals surface area contributed by atoms with Gasteiger partial charge >= 0.3 is 10.7 Å². The van der Waals surface area contributed by atoms with Crippen LogP contribution in [0.1, 0.15) is 11.8 Å². The zero-order chi connectivity index (χ0) is 21.8. The van der Waals surface area contributed by atoms with E-state index in [0.717, 1.165) is 24.3 Å². The number of H-pyrrole nitrogens is 1. The molecule has 0 unspecified atom stereocenters. The highest BCUT2D eigenvalue weighted by Crippen LogP contribution is 2.23. The van der Waals surface area contributed by atoms with Crippen LogP contribution in [0.2, 0.25) is 0 Å². The number of amides is 1. The number of nitrogens with zero attached hydrogens (tertiary/aromatic N) is 3. The van der Waals surface area contributed by atoms with Crippen LogP contribution in [0.3, 0.4) is 0 Å². The van der Waals surface area contributed by atoms with Crippen molar-refractivity contribution in [3.05, 3.63) is 64.3 Å². The highest BCUT2D eigenvalue weighted by molar-refractivity contribution is 7.99. The Bertz CT molecular complexity index is 1130. The Hall–Kier alpha value is -2.58. The van der Waals surface area contributed by atoms with E-state index in [0.29, 0.717) is 35.9 Å². The summed E-state index contributed by atoms with van der Waals surface area (Å²) >= 11 is 3.00. The summed E-state index contributed by atoms with van der Waals surface area (Å²) in [6.07, 6.45) is 2.60. The Morgan fingerprint density at radius 3 is 2.65 bits per heavy atom. The van der Waals surface area contributed by atoms with Gasteiger partial charge in [-0.3, -0.25) is 4.79 Å². The van der Waals surface area contributed by atoms with E-state index in [9.17, 15) is 9.59 Å². The third-order valence-corrected chi connectivity index (χ3v) is 7.65. The van der Waals surface area contributed by atoms with Crippen LogP contribution < -0.4 is 15.4 Å². The molecule has 0 aliphatic carbocycles. The van der Waals surface area contributed by atoms with Gasteiger partial charge in [0.05, 0.1) is 5.75 Å². The minimum Gasteiger partial charge on any atom is -0.368 e. The normalized spacial score (nSPS) is 14.2. The third-order valence-electron chi connectivity index (χ3n) is 5.47. The molecule has 0 bridgehead atoms. The molecule has 1 aliphatic rings. The van der Waals surface area contributed by atoms with Crippen LogP contribution in [0.4, 0.5) is 5.69 Å². The molecule has 3 aromatic rings. The predicted molar refractivity (Wildman–Crippen MR) is 128 cm³/mol. The number of thioether (sulfide) groups is 1. The van der Waals surface area contributed by atoms with Crippen LogP contribution in [-0.4, -0.2) is 47.3 Å². The second-order valence-corrected chi connectivity index (χ2v) is 9.54. The number of carbonyl (C=O) groups excluding carboxylic acids is 1. The minimum absolute atomic E-state index is 0.0315. The smallest absolute Gasteiger partial charge is 0.347 e. The van der Waals surface area contributed by atoms with Gasteiger partial charge in [-0.25, -0.2) is 9.78 Å². The van der Waals surface area contributed by atoms with Crippen molar-refractivity contribution < 1.29 is 9.78 Å². The SMILES string of the molecule is C=CCn1c(SCC(=O)N2CCN(c3ccccc3)CC2)[nH+]c2sc(CC)cc2c1=O. The van der Waals surface area contributed by atoms with Crippen molar-refractivity contribution >= 4 is 44.9 Å². The van der Waals surface area contributed by atoms with Crippen molar-refractivity contribution in [2.75, 3.05) is 36.8 Å². The number of aromatic amines is 1. The maximum atomic E-state index is 13.0. The van der Waals surface area contributed by atoms with Gasteiger partial charge in [0, 0.05) is 36.7 Å². The summed E-state index contributed by atoms with van der Waals surface area (Å²) in [5, 5.41) is 1.41. The lowest BCUT2D eigenvalue weighted by molar-refractivity contribution is -0.404. The van der Waals surface area contributed by atoms with Crippen molar-refractivity contribution in [2.24, 2.45) is 0 Å². The fourth-order valence-corrected chi connectivity index (χ4v) is 5.74. The summed E-state index contributed by atoms with van der Waals surface area (Å²) in [5.74, 6) is 0.403. The van der Waals surface area contributed by atoms with Gasteiger partial charge in [-0.1, -0.05) is 49.1 Å². The van der Waals surface area contributed by atoms with Gasteiger partial charge in [-0.2, -0.15) is 4.57 Å². The van der Waals surface area contributed by atoms with E-state index in [1.165, 1.54) is 22.3 Å². The largest absolute Gasteiger partial charge is 0.368 e. The van der Waals surface area contributed by atoms with E-state index in [1.807, 2.05) is 29.2 Å². The molecule has 3 heterocycles. The van der Waals surface area contributed by atoms with Gasteiger partial charge in [0.2, 0.25) is 5.91 Å². The number of hydrogen-bond acceptors (Lipinski definition) is 5. The van der Waals surface area contributed by atoms with Crippen molar-refractivity contribution in [3.63, 3.8) is 0 Å². The van der Waals surface area contributed by atoms with Gasteiger partial charge in [0.25, 0.3) is 0 Å². The first-order chi connectivity index (χ1) is 15.1. The van der Waals surface area contributed by atoms with Crippen LogP contribution in [0, 0.1) is 0 Å². The molecule has 31 heavy (non-hydrogen) atoms. The highest BCUT2D eigenvalue weighted by Gasteiger charge is 2.24. The molecule has 0 radical (unpaired) electrons. The third kappa shape index (κ3) is 4.70. The molecule has 1 fully saturated rings. The number of rotatable bonds is 7. The van der Waals surface area contributed by atoms with E-state index in [2.05, 4.69) is 35.5 Å². The number of thiophene rings is 1. The van der Waals surface area contributed by atoms with E-state index in [-0.39, 0.29) is 11.5 Å². The molecular formula is C23H27N4O2S2+. The Morgan fingerprint density at radius 2 is 1.97 bits per heavy atom. The number of anilines is 1. The summed E-state index contributed by atoms with van der Waals surface area (Å²) in [5.41, 5.74) is 1.17. The topological polar surface area (TPSA) is 59.7 Å². The van der Waals surface area contributed by atoms with Crippen molar-refractivity contribution in [1.82, 2.24) is 9.47 Å². The summed E-state index contributed by atoms with van der Waals surface area (Å²) in [7, 11) is 0. The van der Waals surface area contributed by atoms with Crippen molar-refractivity contribution in [3.8, 4) is 0 Å². The lowest BCUT2D eigenvalue weighted by Crippen LogP contribution is -2.49. The van der Waals surface area contributed by atoms with Gasteiger partial charge in [-0.05, 0) is 36.4 Å². The van der Waals surface area contributed by atoms with E-state index in [4.69, 9.17) is 0 Å². The average molecular weight is 456 g/mol. The number of aryl methyl sites for hydroxylation is 1. The van der Waals surface area contributed by atoms with Gasteiger partial charge in [0.1, 0.15) is 11.9 Å². The summed E-state index contributed by atoms with van der Waals surface area (Å²) < 4.78 is 1.67. The van der Waals surface area contributed by atoms with Crippen LogP contribution in [0.25, 0.3) is 10.2 Å². The molecule has 1 aliphatic heterocycles. The average Bonchev–Trinajstić information content (AvgIpc) is 3.24. The van der Waals surface area contributed by atoms with E-state index in [1.54, 1.807) is 22.0 Å². The molecule has 0 atom stereocenters. The molecule has 1 amide bonds. The lowest BCUT2D eigenvalue weighted by atomic mass is 10.2. The Balaban J connectivity index is 1.44. The summed E-state index contributed by atoms with van der Waals surface area (Å²) in [6.45, 7) is 9.35. The maximum absolute atomic E-state index is 13.0. The first kappa shape index (κ1) is 21.6. The maximum Gasteiger partial charge on any atom is 0.347 e. The fourth-order valence-electron chi connectivity index (χ4n) is 3.75. The highest BCUT2D eigenvalue weighted by atomic mass is 32.2. The quantitative estimate of drug-likeness (QED) is 0.312. The minimum atomic E-state index is -0.0315. The zero-order valence-electron chi connectivity index (χ0n) is 17.7.